The minimum absolute atomic E-state index is 0.0262. The fourth-order valence-corrected chi connectivity index (χ4v) is 2.34. The van der Waals surface area contributed by atoms with Gasteiger partial charge in [0.1, 0.15) is 11.6 Å². The van der Waals surface area contributed by atoms with Crippen LogP contribution in [-0.2, 0) is 11.2 Å². The molecule has 1 aliphatic heterocycles. The second kappa shape index (κ2) is 6.31. The summed E-state index contributed by atoms with van der Waals surface area (Å²) < 4.78 is 27.1. The lowest BCUT2D eigenvalue weighted by atomic mass is 9.88. The van der Waals surface area contributed by atoms with E-state index in [2.05, 4.69) is 10.6 Å². The normalized spacial score (nSPS) is 18.2. The van der Waals surface area contributed by atoms with Crippen LogP contribution in [0.4, 0.5) is 8.78 Å². The quantitative estimate of drug-likeness (QED) is 0.865. The third-order valence-electron chi connectivity index (χ3n) is 3.89. The van der Waals surface area contributed by atoms with Crippen molar-refractivity contribution in [1.29, 1.82) is 0 Å². The molecule has 0 spiro atoms. The van der Waals surface area contributed by atoms with Crippen molar-refractivity contribution < 1.29 is 13.6 Å². The maximum atomic E-state index is 13.5. The third kappa shape index (κ3) is 3.33. The Morgan fingerprint density at radius 1 is 1.35 bits per heavy atom. The number of carbonyl (C=O) groups excluding carboxylic acids is 1. The van der Waals surface area contributed by atoms with Crippen LogP contribution in [0.15, 0.2) is 18.2 Å². The van der Waals surface area contributed by atoms with Gasteiger partial charge in [0.2, 0.25) is 5.91 Å². The summed E-state index contributed by atoms with van der Waals surface area (Å²) in [5.41, 5.74) is 0.0262. The van der Waals surface area contributed by atoms with E-state index in [1.807, 2.05) is 6.92 Å². The minimum atomic E-state index is -0.567. The molecule has 1 aliphatic rings. The van der Waals surface area contributed by atoms with E-state index in [0.717, 1.165) is 13.1 Å². The molecule has 0 aromatic heterocycles. The molecule has 2 unspecified atom stereocenters. The number of hydrogen-bond acceptors (Lipinski definition) is 2. The molecule has 1 fully saturated rings. The zero-order chi connectivity index (χ0) is 14.7. The van der Waals surface area contributed by atoms with Gasteiger partial charge < -0.3 is 10.6 Å². The number of carbonyl (C=O) groups is 1. The summed E-state index contributed by atoms with van der Waals surface area (Å²) in [4.78, 5) is 12.0. The fraction of sp³-hybridized carbons (Fsp3) is 0.533. The monoisotopic (exact) mass is 282 g/mol. The molecule has 2 N–H and O–H groups in total. The van der Waals surface area contributed by atoms with Crippen LogP contribution in [0.2, 0.25) is 0 Å². The van der Waals surface area contributed by atoms with Crippen molar-refractivity contribution in [2.45, 2.75) is 26.3 Å². The van der Waals surface area contributed by atoms with Crippen LogP contribution < -0.4 is 10.6 Å². The Morgan fingerprint density at radius 3 is 2.45 bits per heavy atom. The Kier molecular flexibility index (Phi) is 4.70. The van der Waals surface area contributed by atoms with Gasteiger partial charge in [0.05, 0.1) is 0 Å². The van der Waals surface area contributed by atoms with Gasteiger partial charge in [-0.1, -0.05) is 13.0 Å². The molecule has 1 aromatic rings. The van der Waals surface area contributed by atoms with Crippen molar-refractivity contribution in [2.24, 2.45) is 11.8 Å². The highest BCUT2D eigenvalue weighted by atomic mass is 19.1. The molecule has 2 rings (SSSR count). The number of rotatable bonds is 5. The zero-order valence-corrected chi connectivity index (χ0v) is 11.7. The summed E-state index contributed by atoms with van der Waals surface area (Å²) in [7, 11) is 0. The van der Waals surface area contributed by atoms with Crippen LogP contribution in [0.25, 0.3) is 0 Å². The first-order valence-electron chi connectivity index (χ1n) is 6.93. The highest BCUT2D eigenvalue weighted by Crippen LogP contribution is 2.17. The topological polar surface area (TPSA) is 41.1 Å². The van der Waals surface area contributed by atoms with Crippen molar-refractivity contribution in [3.63, 3.8) is 0 Å². The first-order valence-corrected chi connectivity index (χ1v) is 6.93. The molecule has 20 heavy (non-hydrogen) atoms. The molecule has 1 saturated heterocycles. The van der Waals surface area contributed by atoms with Crippen LogP contribution in [-0.4, -0.2) is 25.0 Å². The Balaban J connectivity index is 1.91. The first kappa shape index (κ1) is 14.9. The lowest BCUT2D eigenvalue weighted by Crippen LogP contribution is -2.50. The molecule has 1 amide bonds. The van der Waals surface area contributed by atoms with E-state index in [0.29, 0.717) is 5.92 Å². The SMILES string of the molecule is CC(Cc1c(F)cccc1F)NC(=O)C(C)C1CNC1. The van der Waals surface area contributed by atoms with Crippen molar-refractivity contribution in [3.8, 4) is 0 Å². The highest BCUT2D eigenvalue weighted by Gasteiger charge is 2.29. The average molecular weight is 282 g/mol. The maximum absolute atomic E-state index is 13.5. The van der Waals surface area contributed by atoms with Crippen molar-refractivity contribution in [1.82, 2.24) is 10.6 Å². The predicted octanol–water partition coefficient (Wildman–Crippen LogP) is 1.87. The molecule has 1 aromatic carbocycles. The molecule has 0 saturated carbocycles. The lowest BCUT2D eigenvalue weighted by molar-refractivity contribution is -0.127. The number of benzene rings is 1. The van der Waals surface area contributed by atoms with Crippen molar-refractivity contribution >= 4 is 5.91 Å². The van der Waals surface area contributed by atoms with Gasteiger partial charge in [-0.3, -0.25) is 4.79 Å². The number of amides is 1. The summed E-state index contributed by atoms with van der Waals surface area (Å²) in [5, 5.41) is 5.96. The Morgan fingerprint density at radius 2 is 1.95 bits per heavy atom. The second-order valence-corrected chi connectivity index (χ2v) is 5.52. The van der Waals surface area contributed by atoms with E-state index in [1.54, 1.807) is 6.92 Å². The van der Waals surface area contributed by atoms with Gasteiger partial charge in [-0.05, 0) is 44.5 Å². The van der Waals surface area contributed by atoms with Crippen molar-refractivity contribution in [3.05, 3.63) is 35.4 Å². The van der Waals surface area contributed by atoms with Gasteiger partial charge >= 0.3 is 0 Å². The van der Waals surface area contributed by atoms with Gasteiger partial charge in [0, 0.05) is 17.5 Å². The predicted molar refractivity (Wildman–Crippen MR) is 73.2 cm³/mol. The second-order valence-electron chi connectivity index (χ2n) is 5.52. The van der Waals surface area contributed by atoms with Gasteiger partial charge in [0.15, 0.2) is 0 Å². The van der Waals surface area contributed by atoms with Gasteiger partial charge in [0.25, 0.3) is 0 Å². The molecule has 0 radical (unpaired) electrons. The van der Waals surface area contributed by atoms with Gasteiger partial charge in [-0.25, -0.2) is 8.78 Å². The number of halogens is 2. The fourth-order valence-electron chi connectivity index (χ4n) is 2.34. The molecule has 110 valence electrons. The molecular formula is C15H20F2N2O. The molecule has 1 heterocycles. The standard InChI is InChI=1S/C15H20F2N2O/c1-9(6-12-13(16)4-3-5-14(12)17)19-15(20)10(2)11-7-18-8-11/h3-5,9-11,18H,6-8H2,1-2H3,(H,19,20). The van der Waals surface area contributed by atoms with Crippen LogP contribution >= 0.6 is 0 Å². The average Bonchev–Trinajstić information content (AvgIpc) is 2.31. The van der Waals surface area contributed by atoms with Crippen LogP contribution in [0.3, 0.4) is 0 Å². The Hall–Kier alpha value is -1.49. The van der Waals surface area contributed by atoms with Gasteiger partial charge in [-0.15, -0.1) is 0 Å². The Labute approximate surface area is 117 Å². The van der Waals surface area contributed by atoms with Crippen LogP contribution in [0.1, 0.15) is 19.4 Å². The lowest BCUT2D eigenvalue weighted by Gasteiger charge is -2.32. The third-order valence-corrected chi connectivity index (χ3v) is 3.89. The number of nitrogens with one attached hydrogen (secondary N) is 2. The number of hydrogen-bond donors (Lipinski definition) is 2. The summed E-state index contributed by atoms with van der Waals surface area (Å²) in [6.45, 7) is 5.35. The molecular weight excluding hydrogens is 262 g/mol. The van der Waals surface area contributed by atoms with E-state index < -0.39 is 11.6 Å². The largest absolute Gasteiger partial charge is 0.353 e. The molecule has 0 bridgehead atoms. The molecule has 2 atom stereocenters. The zero-order valence-electron chi connectivity index (χ0n) is 11.7. The van der Waals surface area contributed by atoms with E-state index in [4.69, 9.17) is 0 Å². The molecule has 5 heteroatoms. The van der Waals surface area contributed by atoms with Crippen LogP contribution in [0, 0.1) is 23.5 Å². The smallest absolute Gasteiger partial charge is 0.223 e. The highest BCUT2D eigenvalue weighted by molar-refractivity contribution is 5.79. The Bertz CT molecular complexity index is 469. The summed E-state index contributed by atoms with van der Waals surface area (Å²) in [5.74, 6) is -0.915. The minimum Gasteiger partial charge on any atom is -0.353 e. The maximum Gasteiger partial charge on any atom is 0.223 e. The van der Waals surface area contributed by atoms with Crippen LogP contribution in [0.5, 0.6) is 0 Å². The summed E-state index contributed by atoms with van der Waals surface area (Å²) in [6, 6.07) is 3.50. The molecule has 0 aliphatic carbocycles. The van der Waals surface area contributed by atoms with E-state index >= 15 is 0 Å². The summed E-state index contributed by atoms with van der Waals surface area (Å²) >= 11 is 0. The first-order chi connectivity index (χ1) is 9.49. The molecule has 3 nitrogen and oxygen atoms in total. The van der Waals surface area contributed by atoms with E-state index in [9.17, 15) is 13.6 Å². The van der Waals surface area contributed by atoms with Crippen molar-refractivity contribution in [2.75, 3.05) is 13.1 Å². The van der Waals surface area contributed by atoms with E-state index in [-0.39, 0.29) is 29.9 Å². The summed E-state index contributed by atoms with van der Waals surface area (Å²) in [6.07, 6.45) is 0.153. The van der Waals surface area contributed by atoms with E-state index in [1.165, 1.54) is 18.2 Å². The van der Waals surface area contributed by atoms with Gasteiger partial charge in [-0.2, -0.15) is 0 Å².